The molecule has 0 aliphatic rings. The fourth-order valence-electron chi connectivity index (χ4n) is 3.58. The van der Waals surface area contributed by atoms with E-state index in [-0.39, 0.29) is 24.5 Å². The van der Waals surface area contributed by atoms with E-state index in [2.05, 4.69) is 5.32 Å². The summed E-state index contributed by atoms with van der Waals surface area (Å²) in [5.41, 5.74) is 1.12. The molecule has 0 aliphatic heterocycles. The van der Waals surface area contributed by atoms with Gasteiger partial charge in [-0.05, 0) is 43.7 Å². The molecule has 0 heterocycles. The highest BCUT2D eigenvalue weighted by Gasteiger charge is 2.26. The van der Waals surface area contributed by atoms with Crippen molar-refractivity contribution in [3.8, 4) is 5.75 Å². The molecule has 3 rings (SSSR count). The Morgan fingerprint density at radius 3 is 2.38 bits per heavy atom. The van der Waals surface area contributed by atoms with Crippen molar-refractivity contribution in [2.45, 2.75) is 45.7 Å². The van der Waals surface area contributed by atoms with Crippen molar-refractivity contribution in [1.29, 1.82) is 0 Å². The minimum Gasteiger partial charge on any atom is -0.483 e. The highest BCUT2D eigenvalue weighted by Crippen LogP contribution is 2.25. The maximum Gasteiger partial charge on any atom is 0.261 e. The highest BCUT2D eigenvalue weighted by molar-refractivity contribution is 5.90. The van der Waals surface area contributed by atoms with Crippen molar-refractivity contribution >= 4 is 22.6 Å². The predicted molar refractivity (Wildman–Crippen MR) is 129 cm³/mol. The lowest BCUT2D eigenvalue weighted by atomic mass is 10.1. The van der Waals surface area contributed by atoms with Crippen molar-refractivity contribution in [2.75, 3.05) is 13.2 Å². The van der Waals surface area contributed by atoms with Crippen LogP contribution in [0.15, 0.2) is 72.8 Å². The molecule has 0 fully saturated rings. The van der Waals surface area contributed by atoms with Gasteiger partial charge < -0.3 is 15.0 Å². The Bertz CT molecular complexity index is 1030. The Kier molecular flexibility index (Phi) is 8.26. The summed E-state index contributed by atoms with van der Waals surface area (Å²) in [6, 6.07) is 23.1. The van der Waals surface area contributed by atoms with Crippen molar-refractivity contribution < 1.29 is 14.3 Å². The zero-order chi connectivity index (χ0) is 22.9. The van der Waals surface area contributed by atoms with Gasteiger partial charge >= 0.3 is 0 Å². The van der Waals surface area contributed by atoms with E-state index in [1.165, 1.54) is 0 Å². The average molecular weight is 433 g/mol. The molecule has 0 bridgehead atoms. The quantitative estimate of drug-likeness (QED) is 0.510. The Labute approximate surface area is 190 Å². The molecule has 3 aromatic carbocycles. The molecule has 2 amide bonds. The first-order valence-corrected chi connectivity index (χ1v) is 11.2. The number of hydrogen-bond donors (Lipinski definition) is 1. The highest BCUT2D eigenvalue weighted by atomic mass is 16.5. The number of carbonyl (C=O) groups is 2. The van der Waals surface area contributed by atoms with Gasteiger partial charge in [-0.1, -0.05) is 73.7 Å². The van der Waals surface area contributed by atoms with Crippen LogP contribution in [0.2, 0.25) is 0 Å². The van der Waals surface area contributed by atoms with Crippen LogP contribution in [-0.2, 0) is 16.0 Å². The van der Waals surface area contributed by atoms with E-state index < -0.39 is 6.04 Å². The largest absolute Gasteiger partial charge is 0.483 e. The van der Waals surface area contributed by atoms with E-state index >= 15 is 0 Å². The van der Waals surface area contributed by atoms with Crippen molar-refractivity contribution in [3.05, 3.63) is 78.4 Å². The van der Waals surface area contributed by atoms with Gasteiger partial charge in [-0.3, -0.25) is 9.59 Å². The van der Waals surface area contributed by atoms with Gasteiger partial charge in [-0.2, -0.15) is 0 Å². The first-order valence-electron chi connectivity index (χ1n) is 11.2. The minimum atomic E-state index is -0.587. The number of hydrogen-bond acceptors (Lipinski definition) is 3. The normalized spacial score (nSPS) is 12.7. The van der Waals surface area contributed by atoms with E-state index in [1.54, 1.807) is 11.8 Å². The molecule has 0 radical (unpaired) electrons. The van der Waals surface area contributed by atoms with E-state index in [4.69, 9.17) is 4.74 Å². The molecule has 0 spiro atoms. The van der Waals surface area contributed by atoms with Gasteiger partial charge in [0.1, 0.15) is 11.8 Å². The second-order valence-electron chi connectivity index (χ2n) is 8.08. The predicted octanol–water partition coefficient (Wildman–Crippen LogP) is 4.59. The van der Waals surface area contributed by atoms with Crippen LogP contribution in [0.4, 0.5) is 0 Å². The van der Waals surface area contributed by atoms with Crippen LogP contribution in [0.3, 0.4) is 0 Å². The molecule has 0 aromatic heterocycles. The zero-order valence-corrected chi connectivity index (χ0v) is 19.1. The summed E-state index contributed by atoms with van der Waals surface area (Å²) in [6.45, 7) is 6.08. The van der Waals surface area contributed by atoms with Gasteiger partial charge in [-0.25, -0.2) is 0 Å². The van der Waals surface area contributed by atoms with Crippen LogP contribution < -0.4 is 10.1 Å². The lowest BCUT2D eigenvalue weighted by Crippen LogP contribution is -2.51. The van der Waals surface area contributed by atoms with Gasteiger partial charge in [0.25, 0.3) is 5.91 Å². The second-order valence-corrected chi connectivity index (χ2v) is 8.08. The summed E-state index contributed by atoms with van der Waals surface area (Å²) >= 11 is 0. The van der Waals surface area contributed by atoms with Gasteiger partial charge in [-0.15, -0.1) is 0 Å². The Morgan fingerprint density at radius 2 is 1.62 bits per heavy atom. The van der Waals surface area contributed by atoms with Crippen LogP contribution in [-0.4, -0.2) is 41.9 Å². The summed E-state index contributed by atoms with van der Waals surface area (Å²) in [5.74, 6) is 0.308. The van der Waals surface area contributed by atoms with Crippen LogP contribution in [0, 0.1) is 0 Å². The van der Waals surface area contributed by atoms with Gasteiger partial charge in [0.2, 0.25) is 5.91 Å². The second kappa shape index (κ2) is 11.3. The third-order valence-electron chi connectivity index (χ3n) is 5.75. The van der Waals surface area contributed by atoms with Crippen molar-refractivity contribution in [3.63, 3.8) is 0 Å². The fraction of sp³-hybridized carbons (Fsp3) is 0.333. The summed E-state index contributed by atoms with van der Waals surface area (Å²) in [5, 5.41) is 5.00. The number of benzene rings is 3. The van der Waals surface area contributed by atoms with Crippen molar-refractivity contribution in [1.82, 2.24) is 10.2 Å². The molecule has 168 valence electrons. The molecular weight excluding hydrogens is 400 g/mol. The molecule has 0 saturated heterocycles. The molecule has 32 heavy (non-hydrogen) atoms. The third kappa shape index (κ3) is 6.10. The third-order valence-corrected chi connectivity index (χ3v) is 5.75. The number of carbonyl (C=O) groups excluding carboxylic acids is 2. The minimum absolute atomic E-state index is 0.0583. The maximum atomic E-state index is 13.2. The maximum absolute atomic E-state index is 13.2. The van der Waals surface area contributed by atoms with E-state index in [9.17, 15) is 9.59 Å². The number of nitrogens with one attached hydrogen (secondary N) is 1. The van der Waals surface area contributed by atoms with Crippen LogP contribution in [0.5, 0.6) is 5.75 Å². The summed E-state index contributed by atoms with van der Waals surface area (Å²) in [4.78, 5) is 27.6. The lowest BCUT2D eigenvalue weighted by Gasteiger charge is -2.29. The molecule has 0 saturated carbocycles. The number of amides is 2. The Hall–Kier alpha value is -3.34. The first-order chi connectivity index (χ1) is 15.5. The standard InChI is InChI=1S/C27H32N2O3/c1-4-20(2)28-27(31)21(3)29(18-17-22-11-6-5-7-12-22)26(30)19-32-25-16-10-14-23-13-8-9-15-24(23)25/h5-16,20-21H,4,17-19H2,1-3H3,(H,28,31)/t20-,21-/m0/s1. The fourth-order valence-corrected chi connectivity index (χ4v) is 3.58. The smallest absolute Gasteiger partial charge is 0.261 e. The van der Waals surface area contributed by atoms with E-state index in [1.807, 2.05) is 86.6 Å². The van der Waals surface area contributed by atoms with Gasteiger partial charge in [0.15, 0.2) is 6.61 Å². The molecule has 5 heteroatoms. The first kappa shape index (κ1) is 23.3. The molecule has 0 aliphatic carbocycles. The van der Waals surface area contributed by atoms with Crippen LogP contribution in [0.25, 0.3) is 10.8 Å². The van der Waals surface area contributed by atoms with E-state index in [0.29, 0.717) is 18.7 Å². The monoisotopic (exact) mass is 432 g/mol. The number of ether oxygens (including phenoxy) is 1. The summed E-state index contributed by atoms with van der Waals surface area (Å²) in [6.07, 6.45) is 1.50. The molecule has 1 N–H and O–H groups in total. The van der Waals surface area contributed by atoms with Crippen molar-refractivity contribution in [2.24, 2.45) is 0 Å². The molecule has 5 nitrogen and oxygen atoms in total. The summed E-state index contributed by atoms with van der Waals surface area (Å²) < 4.78 is 5.92. The number of rotatable bonds is 10. The van der Waals surface area contributed by atoms with Crippen LogP contribution in [0.1, 0.15) is 32.8 Å². The number of nitrogens with zero attached hydrogens (tertiary/aromatic N) is 1. The molecule has 3 aromatic rings. The Balaban J connectivity index is 1.73. The van der Waals surface area contributed by atoms with E-state index in [0.717, 1.165) is 22.8 Å². The SMILES string of the molecule is CC[C@H](C)NC(=O)[C@H](C)N(CCc1ccccc1)C(=O)COc1cccc2ccccc12. The Morgan fingerprint density at radius 1 is 0.938 bits per heavy atom. The van der Waals surface area contributed by atoms with Gasteiger partial charge in [0.05, 0.1) is 0 Å². The number of fused-ring (bicyclic) bond motifs is 1. The van der Waals surface area contributed by atoms with Gasteiger partial charge in [0, 0.05) is 18.0 Å². The summed E-state index contributed by atoms with van der Waals surface area (Å²) in [7, 11) is 0. The zero-order valence-electron chi connectivity index (χ0n) is 19.1. The van der Waals surface area contributed by atoms with Crippen LogP contribution >= 0.6 is 0 Å². The topological polar surface area (TPSA) is 58.6 Å². The average Bonchev–Trinajstić information content (AvgIpc) is 2.83. The molecule has 0 unspecified atom stereocenters. The lowest BCUT2D eigenvalue weighted by molar-refractivity contribution is -0.141. The molecular formula is C27H32N2O3. The molecule has 2 atom stereocenters.